The molecule has 0 aliphatic heterocycles. The first-order valence-electron chi connectivity index (χ1n) is 11.4. The molecule has 2 unspecified atom stereocenters. The lowest BCUT2D eigenvalue weighted by molar-refractivity contribution is -0.142. The number of carbonyl (C=O) groups excluding carboxylic acids is 3. The number of benzene rings is 2. The van der Waals surface area contributed by atoms with E-state index in [2.05, 4.69) is 10.6 Å². The number of phenolic OH excluding ortho intramolecular Hbond substituents is 1. The van der Waals surface area contributed by atoms with Crippen LogP contribution in [0.2, 0.25) is 0 Å². The molecule has 2 aromatic rings. The molecule has 8 heteroatoms. The van der Waals surface area contributed by atoms with Crippen LogP contribution in [-0.2, 0) is 20.9 Å². The average molecular weight is 470 g/mol. The Morgan fingerprint density at radius 1 is 1.00 bits per heavy atom. The van der Waals surface area contributed by atoms with Gasteiger partial charge in [0.05, 0.1) is 0 Å². The van der Waals surface area contributed by atoms with Crippen molar-refractivity contribution in [3.63, 3.8) is 0 Å². The van der Waals surface area contributed by atoms with Crippen molar-refractivity contribution < 1.29 is 24.2 Å². The minimum Gasteiger partial charge on any atom is -0.508 e. The van der Waals surface area contributed by atoms with Crippen LogP contribution in [-0.4, -0.2) is 46.1 Å². The summed E-state index contributed by atoms with van der Waals surface area (Å²) in [6.07, 6.45) is -0.113. The Labute approximate surface area is 201 Å². The van der Waals surface area contributed by atoms with Crippen LogP contribution in [0.3, 0.4) is 0 Å². The Bertz CT molecular complexity index is 955. The fourth-order valence-corrected chi connectivity index (χ4v) is 3.37. The van der Waals surface area contributed by atoms with Crippen LogP contribution in [0.25, 0.3) is 0 Å². The molecule has 0 aromatic heterocycles. The number of amides is 3. The third-order valence-electron chi connectivity index (χ3n) is 5.18. The van der Waals surface area contributed by atoms with E-state index in [-0.39, 0.29) is 24.2 Å². The van der Waals surface area contributed by atoms with Crippen LogP contribution in [0.15, 0.2) is 54.6 Å². The van der Waals surface area contributed by atoms with E-state index in [0.29, 0.717) is 18.5 Å². The Kier molecular flexibility index (Phi) is 9.47. The number of aromatic hydroxyl groups is 1. The standard InChI is InChI=1S/C26H35N3O5/c1-6-18(2)29(22(31)17-28-25(33)34-26(3,4)5)23(20-12-14-21(30)15-13-20)24(32)27-16-19-10-8-7-9-11-19/h7-15,18,23,30H,6,16-17H2,1-5H3,(H,27,32)(H,28,33). The molecule has 0 radical (unpaired) electrons. The van der Waals surface area contributed by atoms with E-state index in [0.717, 1.165) is 5.56 Å². The highest BCUT2D eigenvalue weighted by Crippen LogP contribution is 2.27. The number of rotatable bonds is 9. The van der Waals surface area contributed by atoms with Gasteiger partial charge in [0.2, 0.25) is 11.8 Å². The molecule has 0 aliphatic rings. The van der Waals surface area contributed by atoms with Gasteiger partial charge in [-0.2, -0.15) is 0 Å². The summed E-state index contributed by atoms with van der Waals surface area (Å²) in [5, 5.41) is 15.1. The second-order valence-electron chi connectivity index (χ2n) is 9.11. The summed E-state index contributed by atoms with van der Waals surface area (Å²) in [6, 6.07) is 14.4. The van der Waals surface area contributed by atoms with E-state index in [1.165, 1.54) is 17.0 Å². The van der Waals surface area contributed by atoms with E-state index in [1.807, 2.05) is 44.2 Å². The predicted molar refractivity (Wildman–Crippen MR) is 130 cm³/mol. The Hall–Kier alpha value is -3.55. The van der Waals surface area contributed by atoms with Crippen molar-refractivity contribution in [1.82, 2.24) is 15.5 Å². The van der Waals surface area contributed by atoms with Crippen LogP contribution in [0.5, 0.6) is 5.75 Å². The van der Waals surface area contributed by atoms with Gasteiger partial charge in [-0.3, -0.25) is 9.59 Å². The van der Waals surface area contributed by atoms with Crippen molar-refractivity contribution in [3.8, 4) is 5.75 Å². The van der Waals surface area contributed by atoms with Gasteiger partial charge >= 0.3 is 6.09 Å². The van der Waals surface area contributed by atoms with Crippen LogP contribution in [0.1, 0.15) is 58.2 Å². The number of phenols is 1. The fraction of sp³-hybridized carbons (Fsp3) is 0.423. The van der Waals surface area contributed by atoms with Gasteiger partial charge in [0.15, 0.2) is 0 Å². The average Bonchev–Trinajstić information content (AvgIpc) is 2.79. The lowest BCUT2D eigenvalue weighted by Gasteiger charge is -2.36. The number of carbonyl (C=O) groups is 3. The van der Waals surface area contributed by atoms with Gasteiger partial charge in [-0.1, -0.05) is 49.4 Å². The first-order valence-corrected chi connectivity index (χ1v) is 11.4. The normalized spacial score (nSPS) is 12.9. The van der Waals surface area contributed by atoms with E-state index >= 15 is 0 Å². The predicted octanol–water partition coefficient (Wildman–Crippen LogP) is 3.90. The third-order valence-corrected chi connectivity index (χ3v) is 5.18. The molecule has 0 bridgehead atoms. The second-order valence-corrected chi connectivity index (χ2v) is 9.11. The molecule has 8 nitrogen and oxygen atoms in total. The van der Waals surface area contributed by atoms with Gasteiger partial charge in [-0.25, -0.2) is 4.79 Å². The number of ether oxygens (including phenoxy) is 1. The lowest BCUT2D eigenvalue weighted by Crippen LogP contribution is -2.51. The van der Waals surface area contributed by atoms with Gasteiger partial charge in [0.1, 0.15) is 23.9 Å². The van der Waals surface area contributed by atoms with E-state index in [9.17, 15) is 19.5 Å². The largest absolute Gasteiger partial charge is 0.508 e. The number of alkyl carbamates (subject to hydrolysis) is 1. The Morgan fingerprint density at radius 3 is 2.18 bits per heavy atom. The number of hydrogen-bond acceptors (Lipinski definition) is 5. The number of nitrogens with one attached hydrogen (secondary N) is 2. The first kappa shape index (κ1) is 26.7. The van der Waals surface area contributed by atoms with E-state index < -0.39 is 23.6 Å². The summed E-state index contributed by atoms with van der Waals surface area (Å²) < 4.78 is 5.22. The molecular formula is C26H35N3O5. The molecule has 0 heterocycles. The SMILES string of the molecule is CCC(C)N(C(=O)CNC(=O)OC(C)(C)C)C(C(=O)NCc1ccccc1)c1ccc(O)cc1. The van der Waals surface area contributed by atoms with Crippen LogP contribution in [0, 0.1) is 0 Å². The minimum absolute atomic E-state index is 0.0557. The molecule has 184 valence electrons. The molecule has 0 saturated carbocycles. The van der Waals surface area contributed by atoms with E-state index in [4.69, 9.17) is 4.74 Å². The molecule has 0 aliphatic carbocycles. The first-order chi connectivity index (χ1) is 16.0. The summed E-state index contributed by atoms with van der Waals surface area (Å²) in [4.78, 5) is 40.3. The third kappa shape index (κ3) is 8.10. The van der Waals surface area contributed by atoms with Crippen molar-refractivity contribution >= 4 is 17.9 Å². The monoisotopic (exact) mass is 469 g/mol. The Morgan fingerprint density at radius 2 is 1.62 bits per heavy atom. The topological polar surface area (TPSA) is 108 Å². The molecule has 3 amide bonds. The highest BCUT2D eigenvalue weighted by atomic mass is 16.6. The molecule has 0 saturated heterocycles. The highest BCUT2D eigenvalue weighted by Gasteiger charge is 2.34. The summed E-state index contributed by atoms with van der Waals surface area (Å²) >= 11 is 0. The zero-order chi connectivity index (χ0) is 25.3. The van der Waals surface area contributed by atoms with Gasteiger partial charge in [0, 0.05) is 12.6 Å². The van der Waals surface area contributed by atoms with Crippen molar-refractivity contribution in [1.29, 1.82) is 0 Å². The molecule has 34 heavy (non-hydrogen) atoms. The van der Waals surface area contributed by atoms with Crippen LogP contribution in [0.4, 0.5) is 4.79 Å². The van der Waals surface area contributed by atoms with Gasteiger partial charge in [-0.05, 0) is 57.4 Å². The van der Waals surface area contributed by atoms with Gasteiger partial charge in [0.25, 0.3) is 0 Å². The minimum atomic E-state index is -0.952. The number of nitrogens with zero attached hydrogens (tertiary/aromatic N) is 1. The van der Waals surface area contributed by atoms with E-state index in [1.54, 1.807) is 32.9 Å². The quantitative estimate of drug-likeness (QED) is 0.516. The van der Waals surface area contributed by atoms with Crippen molar-refractivity contribution in [2.45, 2.75) is 65.3 Å². The van der Waals surface area contributed by atoms with Crippen LogP contribution < -0.4 is 10.6 Å². The molecule has 2 rings (SSSR count). The zero-order valence-corrected chi connectivity index (χ0v) is 20.5. The molecule has 0 spiro atoms. The maximum atomic E-state index is 13.4. The molecule has 2 atom stereocenters. The van der Waals surface area contributed by atoms with Gasteiger partial charge < -0.3 is 25.4 Å². The lowest BCUT2D eigenvalue weighted by atomic mass is 10.0. The maximum Gasteiger partial charge on any atom is 0.408 e. The zero-order valence-electron chi connectivity index (χ0n) is 20.5. The molecular weight excluding hydrogens is 434 g/mol. The van der Waals surface area contributed by atoms with Crippen molar-refractivity contribution in [2.24, 2.45) is 0 Å². The van der Waals surface area contributed by atoms with Crippen molar-refractivity contribution in [2.75, 3.05) is 6.54 Å². The maximum absolute atomic E-state index is 13.4. The van der Waals surface area contributed by atoms with Gasteiger partial charge in [-0.15, -0.1) is 0 Å². The number of hydrogen-bond donors (Lipinski definition) is 3. The summed E-state index contributed by atoms with van der Waals surface area (Å²) in [6.45, 7) is 8.95. The molecule has 0 fully saturated rings. The van der Waals surface area contributed by atoms with Crippen LogP contribution >= 0.6 is 0 Å². The van der Waals surface area contributed by atoms with Crippen molar-refractivity contribution in [3.05, 3.63) is 65.7 Å². The Balaban J connectivity index is 2.29. The fourth-order valence-electron chi connectivity index (χ4n) is 3.37. The smallest absolute Gasteiger partial charge is 0.408 e. The summed E-state index contributed by atoms with van der Waals surface area (Å²) in [7, 11) is 0. The summed E-state index contributed by atoms with van der Waals surface area (Å²) in [5.74, 6) is -0.728. The molecule has 2 aromatic carbocycles. The molecule has 3 N–H and O–H groups in total. The summed E-state index contributed by atoms with van der Waals surface area (Å²) in [5.41, 5.74) is 0.776. The highest BCUT2D eigenvalue weighted by molar-refractivity contribution is 5.90. The second kappa shape index (κ2) is 12.1.